The molecule has 100 valence electrons. The molecule has 0 unspecified atom stereocenters. The summed E-state index contributed by atoms with van der Waals surface area (Å²) >= 11 is 1.60. The first-order valence-electron chi connectivity index (χ1n) is 6.34. The number of nitrogens with zero attached hydrogens (tertiary/aromatic N) is 1. The van der Waals surface area contributed by atoms with Crippen molar-refractivity contribution in [2.24, 2.45) is 7.05 Å². The summed E-state index contributed by atoms with van der Waals surface area (Å²) in [6.45, 7) is 6.09. The van der Waals surface area contributed by atoms with Gasteiger partial charge in [0.2, 0.25) is 0 Å². The summed E-state index contributed by atoms with van der Waals surface area (Å²) in [5.41, 5.74) is 4.25. The minimum absolute atomic E-state index is 0.202. The molecule has 0 radical (unpaired) electrons. The third-order valence-corrected chi connectivity index (χ3v) is 4.43. The Morgan fingerprint density at radius 3 is 2.53 bits per heavy atom. The van der Waals surface area contributed by atoms with Crippen LogP contribution in [0.2, 0.25) is 0 Å². The van der Waals surface area contributed by atoms with E-state index < -0.39 is 0 Å². The van der Waals surface area contributed by atoms with Gasteiger partial charge in [0.1, 0.15) is 0 Å². The Morgan fingerprint density at radius 1 is 1.21 bits per heavy atom. The lowest BCUT2D eigenvalue weighted by Gasteiger charge is -2.03. The van der Waals surface area contributed by atoms with Gasteiger partial charge < -0.3 is 4.57 Å². The van der Waals surface area contributed by atoms with Crippen LogP contribution in [0.4, 0.5) is 0 Å². The quantitative estimate of drug-likeness (QED) is 0.622. The molecule has 1 aromatic carbocycles. The Hall–Kier alpha value is -1.48. The Bertz CT molecular complexity index is 613. The second kappa shape index (κ2) is 5.66. The Morgan fingerprint density at radius 2 is 1.95 bits per heavy atom. The molecule has 0 bridgehead atoms. The van der Waals surface area contributed by atoms with Crippen LogP contribution >= 0.6 is 11.8 Å². The van der Waals surface area contributed by atoms with Gasteiger partial charge in [0.15, 0.2) is 5.78 Å². The van der Waals surface area contributed by atoms with E-state index in [1.165, 1.54) is 5.56 Å². The molecule has 0 aliphatic rings. The van der Waals surface area contributed by atoms with Crippen LogP contribution in [-0.2, 0) is 7.05 Å². The van der Waals surface area contributed by atoms with E-state index in [1.807, 2.05) is 39.1 Å². The number of Topliss-reactive ketones (excluding diaryl/α,β-unsaturated/α-hetero) is 1. The van der Waals surface area contributed by atoms with Crippen molar-refractivity contribution in [1.29, 1.82) is 0 Å². The first kappa shape index (κ1) is 13.9. The number of carbonyl (C=O) groups excluding carboxylic acids is 1. The summed E-state index contributed by atoms with van der Waals surface area (Å²) in [4.78, 5) is 13.4. The second-order valence-electron chi connectivity index (χ2n) is 4.87. The van der Waals surface area contributed by atoms with Gasteiger partial charge in [-0.15, -0.1) is 11.8 Å². The molecular weight excluding hydrogens is 254 g/mol. The van der Waals surface area contributed by atoms with Crippen molar-refractivity contribution in [2.45, 2.75) is 25.7 Å². The lowest BCUT2D eigenvalue weighted by atomic mass is 10.2. The molecule has 0 amide bonds. The molecule has 19 heavy (non-hydrogen) atoms. The van der Waals surface area contributed by atoms with Gasteiger partial charge in [0.05, 0.1) is 5.75 Å². The van der Waals surface area contributed by atoms with Crippen molar-refractivity contribution in [2.75, 3.05) is 5.75 Å². The average Bonchev–Trinajstić information content (AvgIpc) is 2.64. The summed E-state index contributed by atoms with van der Waals surface area (Å²) < 4.78 is 2.06. The highest BCUT2D eigenvalue weighted by molar-refractivity contribution is 8.00. The Kier molecular flexibility index (Phi) is 4.15. The molecule has 2 nitrogen and oxygen atoms in total. The van der Waals surface area contributed by atoms with Gasteiger partial charge in [-0.05, 0) is 39.0 Å². The minimum atomic E-state index is 0.202. The highest BCUT2D eigenvalue weighted by Gasteiger charge is 2.14. The number of hydrogen-bond donors (Lipinski definition) is 0. The molecule has 0 fully saturated rings. The maximum absolute atomic E-state index is 12.3. The summed E-state index contributed by atoms with van der Waals surface area (Å²) in [6.07, 6.45) is 0. The zero-order chi connectivity index (χ0) is 14.0. The molecule has 2 aromatic rings. The lowest BCUT2D eigenvalue weighted by Crippen LogP contribution is -2.04. The van der Waals surface area contributed by atoms with Crippen LogP contribution in [0.1, 0.15) is 27.3 Å². The molecule has 0 spiro atoms. The molecule has 1 aromatic heterocycles. The fraction of sp³-hybridized carbons (Fsp3) is 0.312. The van der Waals surface area contributed by atoms with Crippen molar-refractivity contribution in [3.8, 4) is 0 Å². The average molecular weight is 273 g/mol. The van der Waals surface area contributed by atoms with Crippen LogP contribution in [0.15, 0.2) is 35.2 Å². The molecule has 0 atom stereocenters. The Balaban J connectivity index is 2.07. The van der Waals surface area contributed by atoms with E-state index in [9.17, 15) is 4.79 Å². The van der Waals surface area contributed by atoms with Crippen molar-refractivity contribution in [3.05, 3.63) is 52.8 Å². The standard InChI is InChI=1S/C16H19NOS/c1-11-6-5-7-14(8-11)19-10-16(18)15-9-12(2)17(4)13(15)3/h5-9H,10H2,1-4H3. The molecule has 0 saturated heterocycles. The molecule has 0 aliphatic carbocycles. The number of aryl methyl sites for hydroxylation is 2. The Labute approximate surface area is 118 Å². The zero-order valence-electron chi connectivity index (χ0n) is 11.9. The monoisotopic (exact) mass is 273 g/mol. The van der Waals surface area contributed by atoms with Crippen LogP contribution < -0.4 is 0 Å². The third-order valence-electron chi connectivity index (χ3n) is 3.44. The summed E-state index contributed by atoms with van der Waals surface area (Å²) in [5, 5.41) is 0. The van der Waals surface area contributed by atoms with E-state index in [2.05, 4.69) is 23.6 Å². The molecule has 2 rings (SSSR count). The predicted octanol–water partition coefficient (Wildman–Crippen LogP) is 3.93. The van der Waals surface area contributed by atoms with Crippen LogP contribution in [0.5, 0.6) is 0 Å². The van der Waals surface area contributed by atoms with Crippen molar-refractivity contribution in [1.82, 2.24) is 4.57 Å². The van der Waals surface area contributed by atoms with E-state index in [0.29, 0.717) is 5.75 Å². The fourth-order valence-corrected chi connectivity index (χ4v) is 2.97. The van der Waals surface area contributed by atoms with Crippen molar-refractivity contribution >= 4 is 17.5 Å². The minimum Gasteiger partial charge on any atom is -0.351 e. The molecule has 0 saturated carbocycles. The first-order valence-corrected chi connectivity index (χ1v) is 7.33. The van der Waals surface area contributed by atoms with Crippen LogP contribution in [0.3, 0.4) is 0 Å². The molecule has 1 heterocycles. The van der Waals surface area contributed by atoms with E-state index in [0.717, 1.165) is 21.8 Å². The smallest absolute Gasteiger partial charge is 0.174 e. The van der Waals surface area contributed by atoms with Crippen LogP contribution in [0, 0.1) is 20.8 Å². The maximum atomic E-state index is 12.3. The van der Waals surface area contributed by atoms with Gasteiger partial charge in [0.25, 0.3) is 0 Å². The van der Waals surface area contributed by atoms with Gasteiger partial charge in [-0.2, -0.15) is 0 Å². The van der Waals surface area contributed by atoms with Crippen LogP contribution in [-0.4, -0.2) is 16.1 Å². The highest BCUT2D eigenvalue weighted by Crippen LogP contribution is 2.22. The number of ketones is 1. The predicted molar refractivity (Wildman–Crippen MR) is 81.1 cm³/mol. The first-order chi connectivity index (χ1) is 8.99. The lowest BCUT2D eigenvalue weighted by molar-refractivity contribution is 0.102. The maximum Gasteiger partial charge on any atom is 0.174 e. The summed E-state index contributed by atoms with van der Waals surface area (Å²) in [5.74, 6) is 0.695. The summed E-state index contributed by atoms with van der Waals surface area (Å²) in [7, 11) is 2.00. The highest BCUT2D eigenvalue weighted by atomic mass is 32.2. The van der Waals surface area contributed by atoms with E-state index in [-0.39, 0.29) is 5.78 Å². The van der Waals surface area contributed by atoms with Gasteiger partial charge in [-0.3, -0.25) is 4.79 Å². The second-order valence-corrected chi connectivity index (χ2v) is 5.92. The topological polar surface area (TPSA) is 22.0 Å². The van der Waals surface area contributed by atoms with E-state index in [1.54, 1.807) is 11.8 Å². The van der Waals surface area contributed by atoms with Gasteiger partial charge in [0, 0.05) is 28.9 Å². The van der Waals surface area contributed by atoms with Gasteiger partial charge in [-0.25, -0.2) is 0 Å². The van der Waals surface area contributed by atoms with Crippen LogP contribution in [0.25, 0.3) is 0 Å². The number of hydrogen-bond acceptors (Lipinski definition) is 2. The van der Waals surface area contributed by atoms with E-state index >= 15 is 0 Å². The normalized spacial score (nSPS) is 10.7. The number of rotatable bonds is 4. The molecule has 0 N–H and O–H groups in total. The molecule has 0 aliphatic heterocycles. The molecule has 3 heteroatoms. The summed E-state index contributed by atoms with van der Waals surface area (Å²) in [6, 6.07) is 10.2. The molecular formula is C16H19NOS. The zero-order valence-corrected chi connectivity index (χ0v) is 12.7. The van der Waals surface area contributed by atoms with Gasteiger partial charge in [-0.1, -0.05) is 17.7 Å². The number of thioether (sulfide) groups is 1. The van der Waals surface area contributed by atoms with Crippen molar-refractivity contribution in [3.63, 3.8) is 0 Å². The number of aromatic nitrogens is 1. The van der Waals surface area contributed by atoms with E-state index in [4.69, 9.17) is 0 Å². The third kappa shape index (κ3) is 3.10. The number of benzene rings is 1. The largest absolute Gasteiger partial charge is 0.351 e. The number of carbonyl (C=O) groups is 1. The fourth-order valence-electron chi connectivity index (χ4n) is 2.07. The SMILES string of the molecule is Cc1cccc(SCC(=O)c2cc(C)n(C)c2C)c1. The van der Waals surface area contributed by atoms with Gasteiger partial charge >= 0.3 is 0 Å². The van der Waals surface area contributed by atoms with Crippen molar-refractivity contribution < 1.29 is 4.79 Å².